The number of hydrogen-bond acceptors (Lipinski definition) is 2. The molecule has 0 aliphatic heterocycles. The van der Waals surface area contributed by atoms with Gasteiger partial charge in [-0.3, -0.25) is 9.59 Å². The molecule has 0 bridgehead atoms. The molecule has 2 aromatic rings. The minimum Gasteiger partial charge on any atom is -0.357 e. The molecular formula is C22H28N2O2. The number of hydrogen-bond donors (Lipinski definition) is 1. The molecule has 0 fully saturated rings. The number of rotatable bonds is 6. The van der Waals surface area contributed by atoms with E-state index in [-0.39, 0.29) is 11.8 Å². The summed E-state index contributed by atoms with van der Waals surface area (Å²) in [6.07, 6.45) is 0.292. The maximum absolute atomic E-state index is 13.1. The fourth-order valence-electron chi connectivity index (χ4n) is 3.02. The lowest BCUT2D eigenvalue weighted by Crippen LogP contribution is -2.47. The number of benzene rings is 2. The van der Waals surface area contributed by atoms with Crippen LogP contribution in [0.25, 0.3) is 0 Å². The van der Waals surface area contributed by atoms with Crippen molar-refractivity contribution < 1.29 is 9.59 Å². The van der Waals surface area contributed by atoms with Crippen LogP contribution in [0.2, 0.25) is 0 Å². The molecule has 138 valence electrons. The van der Waals surface area contributed by atoms with E-state index in [1.54, 1.807) is 18.9 Å². The summed E-state index contributed by atoms with van der Waals surface area (Å²) in [5, 5.41) is 2.65. The molecule has 0 heterocycles. The summed E-state index contributed by atoms with van der Waals surface area (Å²) >= 11 is 0. The Morgan fingerprint density at radius 1 is 1.00 bits per heavy atom. The van der Waals surface area contributed by atoms with Crippen molar-refractivity contribution in [2.75, 3.05) is 7.05 Å². The third-order valence-corrected chi connectivity index (χ3v) is 4.86. The molecule has 2 aromatic carbocycles. The van der Waals surface area contributed by atoms with Gasteiger partial charge in [-0.1, -0.05) is 48.0 Å². The fourth-order valence-corrected chi connectivity index (χ4v) is 3.02. The largest absolute Gasteiger partial charge is 0.357 e. The first kappa shape index (κ1) is 19.7. The van der Waals surface area contributed by atoms with Crippen molar-refractivity contribution in [2.45, 2.75) is 46.7 Å². The van der Waals surface area contributed by atoms with E-state index >= 15 is 0 Å². The molecule has 0 saturated heterocycles. The van der Waals surface area contributed by atoms with Gasteiger partial charge in [-0.15, -0.1) is 0 Å². The monoisotopic (exact) mass is 352 g/mol. The molecule has 2 rings (SSSR count). The molecule has 0 unspecified atom stereocenters. The average Bonchev–Trinajstić information content (AvgIpc) is 2.62. The predicted molar refractivity (Wildman–Crippen MR) is 105 cm³/mol. The Labute approximate surface area is 156 Å². The first-order valence-electron chi connectivity index (χ1n) is 8.95. The van der Waals surface area contributed by atoms with Crippen LogP contribution in [0.1, 0.15) is 34.7 Å². The second kappa shape index (κ2) is 8.65. The zero-order valence-corrected chi connectivity index (χ0v) is 16.3. The highest BCUT2D eigenvalue weighted by molar-refractivity contribution is 5.88. The Bertz CT molecular complexity index is 798. The molecule has 0 aromatic heterocycles. The first-order chi connectivity index (χ1) is 12.3. The minimum atomic E-state index is -0.530. The molecule has 4 nitrogen and oxygen atoms in total. The lowest BCUT2D eigenvalue weighted by Gasteiger charge is -2.29. The highest BCUT2D eigenvalue weighted by atomic mass is 16.2. The Balaban J connectivity index is 2.30. The second-order valence-corrected chi connectivity index (χ2v) is 6.85. The quantitative estimate of drug-likeness (QED) is 0.867. The maximum atomic E-state index is 13.1. The van der Waals surface area contributed by atoms with Gasteiger partial charge in [0.15, 0.2) is 0 Å². The van der Waals surface area contributed by atoms with Crippen LogP contribution in [0.5, 0.6) is 0 Å². The Morgan fingerprint density at radius 3 is 2.31 bits per heavy atom. The van der Waals surface area contributed by atoms with E-state index in [1.807, 2.05) is 63.2 Å². The SMILES string of the molecule is CNC(=O)[C@H](C)N(Cc1ccccc1C)C(=O)Cc1cc(C)ccc1C. The highest BCUT2D eigenvalue weighted by Crippen LogP contribution is 2.17. The van der Waals surface area contributed by atoms with Gasteiger partial charge in [0.2, 0.25) is 11.8 Å². The van der Waals surface area contributed by atoms with Gasteiger partial charge in [0, 0.05) is 13.6 Å². The van der Waals surface area contributed by atoms with E-state index in [4.69, 9.17) is 0 Å². The van der Waals surface area contributed by atoms with E-state index < -0.39 is 6.04 Å². The summed E-state index contributed by atoms with van der Waals surface area (Å²) in [7, 11) is 1.60. The summed E-state index contributed by atoms with van der Waals surface area (Å²) in [5.74, 6) is -0.203. The van der Waals surface area contributed by atoms with E-state index in [0.29, 0.717) is 13.0 Å². The van der Waals surface area contributed by atoms with Gasteiger partial charge in [-0.25, -0.2) is 0 Å². The van der Waals surface area contributed by atoms with E-state index in [0.717, 1.165) is 27.8 Å². The van der Waals surface area contributed by atoms with Crippen molar-refractivity contribution in [3.05, 3.63) is 70.3 Å². The standard InChI is InChI=1S/C22H28N2O2/c1-15-10-11-17(3)20(12-15)13-21(25)24(18(4)22(26)23-5)14-19-9-7-6-8-16(19)2/h6-12,18H,13-14H2,1-5H3,(H,23,26)/t18-/m0/s1. The molecule has 0 radical (unpaired) electrons. The number of nitrogens with zero attached hydrogens (tertiary/aromatic N) is 1. The van der Waals surface area contributed by atoms with Gasteiger partial charge in [0.1, 0.15) is 6.04 Å². The Hall–Kier alpha value is -2.62. The van der Waals surface area contributed by atoms with Gasteiger partial charge in [0.05, 0.1) is 6.42 Å². The van der Waals surface area contributed by atoms with Crippen LogP contribution in [0, 0.1) is 20.8 Å². The van der Waals surface area contributed by atoms with Crippen LogP contribution in [0.4, 0.5) is 0 Å². The lowest BCUT2D eigenvalue weighted by atomic mass is 10.0. The number of carbonyl (C=O) groups excluding carboxylic acids is 2. The summed E-state index contributed by atoms with van der Waals surface area (Å²) in [4.78, 5) is 27.0. The van der Waals surface area contributed by atoms with Crippen molar-refractivity contribution >= 4 is 11.8 Å². The smallest absolute Gasteiger partial charge is 0.242 e. The van der Waals surface area contributed by atoms with Crippen LogP contribution in [-0.2, 0) is 22.6 Å². The summed E-state index contributed by atoms with van der Waals surface area (Å²) in [5.41, 5.74) is 5.39. The highest BCUT2D eigenvalue weighted by Gasteiger charge is 2.26. The van der Waals surface area contributed by atoms with Crippen molar-refractivity contribution in [1.29, 1.82) is 0 Å². The van der Waals surface area contributed by atoms with Crippen LogP contribution in [-0.4, -0.2) is 29.8 Å². The third kappa shape index (κ3) is 4.72. The van der Waals surface area contributed by atoms with Crippen molar-refractivity contribution in [3.63, 3.8) is 0 Å². The molecular weight excluding hydrogens is 324 g/mol. The molecule has 1 N–H and O–H groups in total. The van der Waals surface area contributed by atoms with Crippen molar-refractivity contribution in [1.82, 2.24) is 10.2 Å². The number of amides is 2. The molecule has 4 heteroatoms. The summed E-state index contributed by atoms with van der Waals surface area (Å²) in [6.45, 7) is 8.25. The zero-order valence-electron chi connectivity index (χ0n) is 16.3. The second-order valence-electron chi connectivity index (χ2n) is 6.85. The van der Waals surface area contributed by atoms with Gasteiger partial charge in [0.25, 0.3) is 0 Å². The summed E-state index contributed by atoms with van der Waals surface area (Å²) < 4.78 is 0. The van der Waals surface area contributed by atoms with E-state index in [1.165, 1.54) is 0 Å². The van der Waals surface area contributed by atoms with Crippen LogP contribution in [0.3, 0.4) is 0 Å². The van der Waals surface area contributed by atoms with E-state index in [9.17, 15) is 9.59 Å². The van der Waals surface area contributed by atoms with Crippen LogP contribution >= 0.6 is 0 Å². The number of carbonyl (C=O) groups is 2. The topological polar surface area (TPSA) is 49.4 Å². The fraction of sp³-hybridized carbons (Fsp3) is 0.364. The van der Waals surface area contributed by atoms with Gasteiger partial charge in [-0.2, -0.15) is 0 Å². The molecule has 1 atom stereocenters. The Morgan fingerprint density at radius 2 is 1.65 bits per heavy atom. The maximum Gasteiger partial charge on any atom is 0.242 e. The average molecular weight is 352 g/mol. The third-order valence-electron chi connectivity index (χ3n) is 4.86. The van der Waals surface area contributed by atoms with Crippen LogP contribution < -0.4 is 5.32 Å². The Kier molecular flexibility index (Phi) is 6.56. The normalized spacial score (nSPS) is 11.7. The molecule has 2 amide bonds. The van der Waals surface area contributed by atoms with E-state index in [2.05, 4.69) is 5.32 Å². The van der Waals surface area contributed by atoms with Crippen molar-refractivity contribution in [2.24, 2.45) is 0 Å². The molecule has 0 saturated carbocycles. The predicted octanol–water partition coefficient (Wildman–Crippen LogP) is 3.32. The molecule has 0 aliphatic carbocycles. The molecule has 26 heavy (non-hydrogen) atoms. The molecule has 0 spiro atoms. The number of nitrogens with one attached hydrogen (secondary N) is 1. The minimum absolute atomic E-state index is 0.0435. The first-order valence-corrected chi connectivity index (χ1v) is 8.95. The number of aryl methyl sites for hydroxylation is 3. The zero-order chi connectivity index (χ0) is 19.3. The lowest BCUT2D eigenvalue weighted by molar-refractivity contribution is -0.139. The van der Waals surface area contributed by atoms with Crippen molar-refractivity contribution in [3.8, 4) is 0 Å². The number of likely N-dealkylation sites (N-methyl/N-ethyl adjacent to an activating group) is 1. The summed E-state index contributed by atoms with van der Waals surface area (Å²) in [6, 6.07) is 13.6. The van der Waals surface area contributed by atoms with Crippen LogP contribution in [0.15, 0.2) is 42.5 Å². The van der Waals surface area contributed by atoms with Gasteiger partial charge < -0.3 is 10.2 Å². The van der Waals surface area contributed by atoms with Gasteiger partial charge in [-0.05, 0) is 49.9 Å². The molecule has 0 aliphatic rings. The van der Waals surface area contributed by atoms with Gasteiger partial charge >= 0.3 is 0 Å².